The molecule has 0 saturated carbocycles. The van der Waals surface area contributed by atoms with Gasteiger partial charge in [-0.05, 0) is 50.9 Å². The number of piperidine rings is 1. The van der Waals surface area contributed by atoms with Crippen LogP contribution in [0.15, 0.2) is 36.7 Å². The summed E-state index contributed by atoms with van der Waals surface area (Å²) in [5.41, 5.74) is 0.822. The molecule has 2 aliphatic rings. The molecule has 5 nitrogen and oxygen atoms in total. The van der Waals surface area contributed by atoms with E-state index in [2.05, 4.69) is 14.9 Å². The molecule has 0 bridgehead atoms. The van der Waals surface area contributed by atoms with E-state index in [9.17, 15) is 18.0 Å². The van der Waals surface area contributed by atoms with Crippen molar-refractivity contribution in [3.05, 3.63) is 47.9 Å². The Kier molecular flexibility index (Phi) is 6.04. The minimum absolute atomic E-state index is 0.0412. The lowest BCUT2D eigenvalue weighted by Crippen LogP contribution is -2.44. The summed E-state index contributed by atoms with van der Waals surface area (Å²) in [5.74, 6) is 0.183. The zero-order valence-corrected chi connectivity index (χ0v) is 16.7. The first-order chi connectivity index (χ1) is 14.4. The fourth-order valence-corrected chi connectivity index (χ4v) is 4.25. The highest BCUT2D eigenvalue weighted by Gasteiger charge is 2.31. The second-order valence-electron chi connectivity index (χ2n) is 8.07. The number of carbonyl (C=O) groups is 1. The molecule has 4 rings (SSSR count). The Labute approximate surface area is 173 Å². The first-order valence-corrected chi connectivity index (χ1v) is 10.4. The number of nitrogens with zero attached hydrogens (tertiary/aromatic N) is 4. The molecule has 0 N–H and O–H groups in total. The van der Waals surface area contributed by atoms with Crippen LogP contribution in [0.4, 0.5) is 13.2 Å². The van der Waals surface area contributed by atoms with Gasteiger partial charge in [0, 0.05) is 30.8 Å². The van der Waals surface area contributed by atoms with Crippen LogP contribution in [0, 0.1) is 0 Å². The van der Waals surface area contributed by atoms with Gasteiger partial charge in [-0.3, -0.25) is 14.7 Å². The fraction of sp³-hybridized carbons (Fsp3) is 0.500. The minimum Gasteiger partial charge on any atom is -0.341 e. The van der Waals surface area contributed by atoms with Crippen molar-refractivity contribution in [3.8, 4) is 11.3 Å². The Morgan fingerprint density at radius 1 is 1.10 bits per heavy atom. The van der Waals surface area contributed by atoms with E-state index in [1.807, 2.05) is 4.90 Å². The lowest BCUT2D eigenvalue weighted by molar-refractivity contribution is -0.137. The summed E-state index contributed by atoms with van der Waals surface area (Å²) in [5, 5.41) is 0. The highest BCUT2D eigenvalue weighted by Crippen LogP contribution is 2.32. The molecule has 160 valence electrons. The molecule has 8 heteroatoms. The van der Waals surface area contributed by atoms with E-state index in [1.54, 1.807) is 12.3 Å². The number of rotatable bonds is 4. The summed E-state index contributed by atoms with van der Waals surface area (Å²) in [4.78, 5) is 25.6. The summed E-state index contributed by atoms with van der Waals surface area (Å²) in [6.45, 7) is 3.74. The molecule has 1 atom stereocenters. The lowest BCUT2D eigenvalue weighted by Gasteiger charge is -2.33. The molecule has 2 aromatic rings. The Morgan fingerprint density at radius 2 is 1.90 bits per heavy atom. The molecular formula is C22H25F3N4O. The number of amides is 1. The van der Waals surface area contributed by atoms with Crippen LogP contribution in [0.25, 0.3) is 11.3 Å². The van der Waals surface area contributed by atoms with Crippen molar-refractivity contribution in [1.29, 1.82) is 0 Å². The lowest BCUT2D eigenvalue weighted by atomic mass is 9.94. The van der Waals surface area contributed by atoms with Crippen molar-refractivity contribution in [2.75, 3.05) is 32.7 Å². The second-order valence-corrected chi connectivity index (χ2v) is 8.07. The summed E-state index contributed by atoms with van der Waals surface area (Å²) >= 11 is 0. The molecule has 0 unspecified atom stereocenters. The van der Waals surface area contributed by atoms with Gasteiger partial charge in [-0.25, -0.2) is 4.98 Å². The van der Waals surface area contributed by atoms with Crippen LogP contribution in [0.2, 0.25) is 0 Å². The summed E-state index contributed by atoms with van der Waals surface area (Å²) in [6, 6.07) is 5.13. The van der Waals surface area contributed by atoms with E-state index in [-0.39, 0.29) is 11.8 Å². The maximum atomic E-state index is 13.0. The Morgan fingerprint density at radius 3 is 2.67 bits per heavy atom. The predicted molar refractivity (Wildman–Crippen MR) is 107 cm³/mol. The van der Waals surface area contributed by atoms with Gasteiger partial charge in [-0.1, -0.05) is 12.1 Å². The van der Waals surface area contributed by atoms with Crippen LogP contribution in [0.3, 0.4) is 0 Å². The van der Waals surface area contributed by atoms with Crippen molar-refractivity contribution < 1.29 is 18.0 Å². The van der Waals surface area contributed by atoms with Gasteiger partial charge < -0.3 is 4.90 Å². The SMILES string of the molecule is O=C(CN1CCCC1)N1CCC[C@H](c2cncc(-c3cccc(C(F)(F)F)c3)n2)C1. The number of likely N-dealkylation sites (tertiary alicyclic amines) is 2. The molecule has 1 aromatic carbocycles. The summed E-state index contributed by atoms with van der Waals surface area (Å²) < 4.78 is 39.1. The number of hydrogen-bond donors (Lipinski definition) is 0. The van der Waals surface area contributed by atoms with E-state index in [0.29, 0.717) is 24.3 Å². The van der Waals surface area contributed by atoms with Crippen molar-refractivity contribution in [3.63, 3.8) is 0 Å². The molecule has 2 saturated heterocycles. The molecule has 2 fully saturated rings. The van der Waals surface area contributed by atoms with E-state index in [0.717, 1.165) is 63.1 Å². The normalized spacial score (nSPS) is 20.5. The van der Waals surface area contributed by atoms with Crippen molar-refractivity contribution in [2.45, 2.75) is 37.8 Å². The number of carbonyl (C=O) groups excluding carboxylic acids is 1. The molecule has 2 aliphatic heterocycles. The first-order valence-electron chi connectivity index (χ1n) is 10.4. The van der Waals surface area contributed by atoms with Gasteiger partial charge in [0.15, 0.2) is 0 Å². The topological polar surface area (TPSA) is 49.3 Å². The number of aromatic nitrogens is 2. The highest BCUT2D eigenvalue weighted by atomic mass is 19.4. The van der Waals surface area contributed by atoms with Gasteiger partial charge in [-0.2, -0.15) is 13.2 Å². The Balaban J connectivity index is 1.48. The molecule has 0 spiro atoms. The number of alkyl halides is 3. The van der Waals surface area contributed by atoms with E-state index in [1.165, 1.54) is 12.3 Å². The van der Waals surface area contributed by atoms with Gasteiger partial charge in [0.05, 0.1) is 29.7 Å². The average Bonchev–Trinajstić information content (AvgIpc) is 3.26. The largest absolute Gasteiger partial charge is 0.416 e. The predicted octanol–water partition coefficient (Wildman–Crippen LogP) is 3.96. The quantitative estimate of drug-likeness (QED) is 0.754. The van der Waals surface area contributed by atoms with Gasteiger partial charge >= 0.3 is 6.18 Å². The number of halogens is 3. The zero-order chi connectivity index (χ0) is 21.1. The van der Waals surface area contributed by atoms with Crippen LogP contribution < -0.4 is 0 Å². The number of benzene rings is 1. The van der Waals surface area contributed by atoms with E-state index < -0.39 is 11.7 Å². The molecule has 0 aliphatic carbocycles. The van der Waals surface area contributed by atoms with Crippen LogP contribution in [-0.4, -0.2) is 58.4 Å². The molecule has 1 aromatic heterocycles. The Hall–Kier alpha value is -2.48. The maximum absolute atomic E-state index is 13.0. The third kappa shape index (κ3) is 4.80. The highest BCUT2D eigenvalue weighted by molar-refractivity contribution is 5.78. The molecule has 0 radical (unpaired) electrons. The number of hydrogen-bond acceptors (Lipinski definition) is 4. The second kappa shape index (κ2) is 8.71. The zero-order valence-electron chi connectivity index (χ0n) is 16.7. The van der Waals surface area contributed by atoms with Crippen LogP contribution in [0.5, 0.6) is 0 Å². The third-order valence-corrected chi connectivity index (χ3v) is 5.89. The fourth-order valence-electron chi connectivity index (χ4n) is 4.25. The van der Waals surface area contributed by atoms with Gasteiger partial charge in [-0.15, -0.1) is 0 Å². The monoisotopic (exact) mass is 418 g/mol. The molecule has 1 amide bonds. The van der Waals surface area contributed by atoms with E-state index in [4.69, 9.17) is 0 Å². The smallest absolute Gasteiger partial charge is 0.341 e. The minimum atomic E-state index is -4.40. The van der Waals surface area contributed by atoms with Gasteiger partial charge in [0.1, 0.15) is 0 Å². The summed E-state index contributed by atoms with van der Waals surface area (Å²) in [6.07, 6.45) is 2.80. The average molecular weight is 418 g/mol. The molecule has 3 heterocycles. The van der Waals surface area contributed by atoms with Crippen LogP contribution in [0.1, 0.15) is 42.9 Å². The standard InChI is InChI=1S/C22H25F3N4O/c23-22(24,25)18-7-3-5-16(11-18)19-12-26-13-20(27-19)17-6-4-10-29(14-17)21(30)15-28-8-1-2-9-28/h3,5,7,11-13,17H,1-2,4,6,8-10,14-15H2/t17-/m0/s1. The van der Waals surface area contributed by atoms with Crippen LogP contribution in [-0.2, 0) is 11.0 Å². The van der Waals surface area contributed by atoms with E-state index >= 15 is 0 Å². The molecular weight excluding hydrogens is 393 g/mol. The molecule has 30 heavy (non-hydrogen) atoms. The maximum Gasteiger partial charge on any atom is 0.416 e. The van der Waals surface area contributed by atoms with Crippen LogP contribution >= 0.6 is 0 Å². The van der Waals surface area contributed by atoms with Crippen molar-refractivity contribution in [2.24, 2.45) is 0 Å². The Bertz CT molecular complexity index is 896. The van der Waals surface area contributed by atoms with Gasteiger partial charge in [0.25, 0.3) is 0 Å². The summed E-state index contributed by atoms with van der Waals surface area (Å²) in [7, 11) is 0. The van der Waals surface area contributed by atoms with Crippen molar-refractivity contribution in [1.82, 2.24) is 19.8 Å². The third-order valence-electron chi connectivity index (χ3n) is 5.89. The van der Waals surface area contributed by atoms with Gasteiger partial charge in [0.2, 0.25) is 5.91 Å². The first kappa shape index (κ1) is 20.8. The van der Waals surface area contributed by atoms with Crippen molar-refractivity contribution >= 4 is 5.91 Å².